The third-order valence-electron chi connectivity index (χ3n) is 3.98. The number of hydrogen-bond acceptors (Lipinski definition) is 5. The molecule has 0 aliphatic heterocycles. The minimum absolute atomic E-state index is 0.500. The average molecular weight is 360 g/mol. The van der Waals surface area contributed by atoms with E-state index in [0.717, 1.165) is 47.3 Å². The first-order chi connectivity index (χ1) is 12.7. The number of rotatable bonds is 9. The minimum atomic E-state index is 0.500. The van der Waals surface area contributed by atoms with Gasteiger partial charge in [-0.2, -0.15) is 0 Å². The fourth-order valence-corrected chi connectivity index (χ4v) is 2.59. The number of nitrogens with one attached hydrogen (secondary N) is 2. The Balaban J connectivity index is 1.69. The molecule has 0 bridgehead atoms. The predicted octanol–water partition coefficient (Wildman–Crippen LogP) is 2.57. The zero-order valence-electron chi connectivity index (χ0n) is 16.0. The lowest BCUT2D eigenvalue weighted by molar-refractivity contribution is 0.105. The monoisotopic (exact) mass is 360 g/mol. The molecule has 0 saturated heterocycles. The van der Waals surface area contributed by atoms with Gasteiger partial charge in [-0.3, -0.25) is 9.98 Å². The second-order valence-electron chi connectivity index (χ2n) is 5.88. The van der Waals surface area contributed by atoms with Crippen LogP contribution in [0.2, 0.25) is 0 Å². The van der Waals surface area contributed by atoms with Gasteiger partial charge in [0.2, 0.25) is 0 Å². The molecule has 2 N–H and O–H groups in total. The molecular formula is C19H28N4O3. The number of aliphatic imine (C=N–C) groups is 1. The fourth-order valence-electron chi connectivity index (χ4n) is 2.59. The molecule has 0 saturated carbocycles. The highest BCUT2D eigenvalue weighted by atomic mass is 16.5. The number of nitrogens with zero attached hydrogens (tertiary/aromatic N) is 2. The lowest BCUT2D eigenvalue weighted by Gasteiger charge is -2.15. The number of aryl methyl sites for hydroxylation is 1. The zero-order valence-corrected chi connectivity index (χ0v) is 16.0. The van der Waals surface area contributed by atoms with Crippen molar-refractivity contribution in [1.29, 1.82) is 0 Å². The Morgan fingerprint density at radius 3 is 2.85 bits per heavy atom. The van der Waals surface area contributed by atoms with E-state index >= 15 is 0 Å². The first-order valence-corrected chi connectivity index (χ1v) is 8.69. The summed E-state index contributed by atoms with van der Waals surface area (Å²) >= 11 is 0. The molecule has 2 heterocycles. The summed E-state index contributed by atoms with van der Waals surface area (Å²) in [5.74, 6) is 2.46. The molecule has 0 aromatic carbocycles. The van der Waals surface area contributed by atoms with Crippen molar-refractivity contribution in [2.75, 3.05) is 27.3 Å². The number of methoxy groups -OCH3 is 1. The maximum Gasteiger partial charge on any atom is 0.191 e. The van der Waals surface area contributed by atoms with Gasteiger partial charge in [-0.25, -0.2) is 0 Å². The number of aromatic nitrogens is 1. The second-order valence-corrected chi connectivity index (χ2v) is 5.88. The maximum atomic E-state index is 5.56. The molecule has 2 aromatic rings. The first kappa shape index (κ1) is 19.8. The third-order valence-corrected chi connectivity index (χ3v) is 3.98. The highest BCUT2D eigenvalue weighted by Gasteiger charge is 2.09. The van der Waals surface area contributed by atoms with Gasteiger partial charge in [0.05, 0.1) is 25.6 Å². The summed E-state index contributed by atoms with van der Waals surface area (Å²) in [4.78, 5) is 8.71. The standard InChI is InChI=1S/C19H28N4O3/c1-14-11-22-17(15(2)18(14)24-4)12-23-19(20-3)21-8-6-9-25-13-16-7-5-10-26-16/h5,7,10-11H,6,8-9,12-13H2,1-4H3,(H2,20,21,23). The predicted molar refractivity (Wildman–Crippen MR) is 101 cm³/mol. The highest BCUT2D eigenvalue weighted by molar-refractivity contribution is 5.79. The number of ether oxygens (including phenoxy) is 2. The van der Waals surface area contributed by atoms with Crippen molar-refractivity contribution in [3.63, 3.8) is 0 Å². The summed E-state index contributed by atoms with van der Waals surface area (Å²) in [5.41, 5.74) is 3.02. The summed E-state index contributed by atoms with van der Waals surface area (Å²) in [6.07, 6.45) is 4.35. The number of guanidine groups is 1. The molecule has 26 heavy (non-hydrogen) atoms. The van der Waals surface area contributed by atoms with Crippen LogP contribution in [-0.2, 0) is 17.9 Å². The molecule has 0 spiro atoms. The molecule has 0 radical (unpaired) electrons. The lowest BCUT2D eigenvalue weighted by atomic mass is 10.1. The Kier molecular flexibility index (Phi) is 7.95. The Bertz CT molecular complexity index is 699. The molecule has 142 valence electrons. The molecule has 0 unspecified atom stereocenters. The third kappa shape index (κ3) is 5.77. The van der Waals surface area contributed by atoms with Crippen LogP contribution in [0.4, 0.5) is 0 Å². The molecule has 0 atom stereocenters. The number of furan rings is 1. The summed E-state index contributed by atoms with van der Waals surface area (Å²) in [6, 6.07) is 3.76. The van der Waals surface area contributed by atoms with E-state index in [9.17, 15) is 0 Å². The Morgan fingerprint density at radius 1 is 1.31 bits per heavy atom. The highest BCUT2D eigenvalue weighted by Crippen LogP contribution is 2.23. The van der Waals surface area contributed by atoms with Crippen molar-refractivity contribution in [3.05, 3.63) is 47.2 Å². The molecule has 0 amide bonds. The lowest BCUT2D eigenvalue weighted by Crippen LogP contribution is -2.37. The quantitative estimate of drug-likeness (QED) is 0.406. The van der Waals surface area contributed by atoms with Crippen LogP contribution >= 0.6 is 0 Å². The number of hydrogen-bond donors (Lipinski definition) is 2. The second kappa shape index (κ2) is 10.5. The smallest absolute Gasteiger partial charge is 0.191 e. The van der Waals surface area contributed by atoms with E-state index in [1.54, 1.807) is 20.4 Å². The van der Waals surface area contributed by atoms with Gasteiger partial charge in [0, 0.05) is 37.5 Å². The molecule has 0 fully saturated rings. The van der Waals surface area contributed by atoms with Gasteiger partial charge < -0.3 is 24.5 Å². The maximum absolute atomic E-state index is 5.56. The van der Waals surface area contributed by atoms with E-state index in [1.807, 2.05) is 32.2 Å². The van der Waals surface area contributed by atoms with E-state index in [0.29, 0.717) is 19.8 Å². The Morgan fingerprint density at radius 2 is 2.15 bits per heavy atom. The Labute approximate surface area is 154 Å². The molecule has 2 aromatic heterocycles. The average Bonchev–Trinajstić information content (AvgIpc) is 3.15. The van der Waals surface area contributed by atoms with Crippen molar-refractivity contribution in [1.82, 2.24) is 15.6 Å². The van der Waals surface area contributed by atoms with Crippen LogP contribution in [-0.4, -0.2) is 38.3 Å². The van der Waals surface area contributed by atoms with Crippen LogP contribution in [0.3, 0.4) is 0 Å². The first-order valence-electron chi connectivity index (χ1n) is 8.69. The van der Waals surface area contributed by atoms with Crippen LogP contribution in [0.5, 0.6) is 5.75 Å². The van der Waals surface area contributed by atoms with Crippen LogP contribution in [0.15, 0.2) is 34.0 Å². The molecule has 2 rings (SSSR count). The van der Waals surface area contributed by atoms with Crippen LogP contribution in [0.25, 0.3) is 0 Å². The molecule has 7 nitrogen and oxygen atoms in total. The molecule has 0 aliphatic carbocycles. The van der Waals surface area contributed by atoms with E-state index < -0.39 is 0 Å². The fraction of sp³-hybridized carbons (Fsp3) is 0.474. The van der Waals surface area contributed by atoms with Gasteiger partial charge in [-0.1, -0.05) is 0 Å². The molecule has 7 heteroatoms. The summed E-state index contributed by atoms with van der Waals surface area (Å²) in [7, 11) is 3.43. The van der Waals surface area contributed by atoms with Crippen molar-refractivity contribution < 1.29 is 13.9 Å². The topological polar surface area (TPSA) is 80.9 Å². The SMILES string of the molecule is CN=C(NCCCOCc1ccco1)NCc1ncc(C)c(OC)c1C. The largest absolute Gasteiger partial charge is 0.496 e. The zero-order chi connectivity index (χ0) is 18.8. The van der Waals surface area contributed by atoms with E-state index in [-0.39, 0.29) is 0 Å². The summed E-state index contributed by atoms with van der Waals surface area (Å²) < 4.78 is 16.2. The van der Waals surface area contributed by atoms with Gasteiger partial charge in [-0.05, 0) is 32.4 Å². The van der Waals surface area contributed by atoms with E-state index in [1.165, 1.54) is 0 Å². The van der Waals surface area contributed by atoms with Gasteiger partial charge >= 0.3 is 0 Å². The molecule has 0 aliphatic rings. The van der Waals surface area contributed by atoms with Crippen LogP contribution < -0.4 is 15.4 Å². The summed E-state index contributed by atoms with van der Waals surface area (Å²) in [6.45, 7) is 6.51. The van der Waals surface area contributed by atoms with Crippen molar-refractivity contribution in [2.24, 2.45) is 4.99 Å². The van der Waals surface area contributed by atoms with E-state index in [4.69, 9.17) is 13.9 Å². The van der Waals surface area contributed by atoms with Crippen LogP contribution in [0.1, 0.15) is 29.0 Å². The summed E-state index contributed by atoms with van der Waals surface area (Å²) in [5, 5.41) is 6.54. The van der Waals surface area contributed by atoms with Crippen molar-refractivity contribution in [2.45, 2.75) is 33.4 Å². The minimum Gasteiger partial charge on any atom is -0.496 e. The Hall–Kier alpha value is -2.54. The van der Waals surface area contributed by atoms with Crippen molar-refractivity contribution >= 4 is 5.96 Å². The van der Waals surface area contributed by atoms with Gasteiger partial charge in [0.15, 0.2) is 5.96 Å². The normalized spacial score (nSPS) is 11.5. The van der Waals surface area contributed by atoms with Crippen LogP contribution in [0, 0.1) is 13.8 Å². The van der Waals surface area contributed by atoms with Gasteiger partial charge in [0.25, 0.3) is 0 Å². The van der Waals surface area contributed by atoms with Crippen molar-refractivity contribution in [3.8, 4) is 5.75 Å². The van der Waals surface area contributed by atoms with Gasteiger partial charge in [-0.15, -0.1) is 0 Å². The number of pyridine rings is 1. The van der Waals surface area contributed by atoms with Gasteiger partial charge in [0.1, 0.15) is 18.1 Å². The van der Waals surface area contributed by atoms with E-state index in [2.05, 4.69) is 20.6 Å². The molecular weight excluding hydrogens is 332 g/mol.